The Morgan fingerprint density at radius 1 is 1.23 bits per heavy atom. The highest BCUT2D eigenvalue weighted by Gasteiger charge is 2.26. The van der Waals surface area contributed by atoms with Gasteiger partial charge in [0.15, 0.2) is 0 Å². The Labute approximate surface area is 136 Å². The van der Waals surface area contributed by atoms with E-state index in [1.807, 2.05) is 29.8 Å². The van der Waals surface area contributed by atoms with Gasteiger partial charge in [-0.25, -0.2) is 0 Å². The maximum Gasteiger partial charge on any atom is 0.0446 e. The molecule has 0 amide bonds. The highest BCUT2D eigenvalue weighted by molar-refractivity contribution is 7.09. The Morgan fingerprint density at radius 2 is 2.18 bits per heavy atom. The van der Waals surface area contributed by atoms with E-state index >= 15 is 0 Å². The van der Waals surface area contributed by atoms with E-state index in [0.29, 0.717) is 6.04 Å². The number of piperazine rings is 1. The van der Waals surface area contributed by atoms with Gasteiger partial charge in [-0.1, -0.05) is 12.1 Å². The smallest absolute Gasteiger partial charge is 0.0446 e. The third-order valence-electron chi connectivity index (χ3n) is 4.22. The maximum absolute atomic E-state index is 9.39. The lowest BCUT2D eigenvalue weighted by Crippen LogP contribution is -2.52. The number of aromatic nitrogens is 1. The predicted molar refractivity (Wildman–Crippen MR) is 89.7 cm³/mol. The van der Waals surface area contributed by atoms with Gasteiger partial charge in [0.2, 0.25) is 0 Å². The van der Waals surface area contributed by atoms with Crippen LogP contribution in [0.1, 0.15) is 16.9 Å². The zero-order chi connectivity index (χ0) is 15.2. The first-order chi connectivity index (χ1) is 10.8. The Morgan fingerprint density at radius 3 is 2.91 bits per heavy atom. The largest absolute Gasteiger partial charge is 0.396 e. The van der Waals surface area contributed by atoms with Crippen molar-refractivity contribution < 1.29 is 5.11 Å². The van der Waals surface area contributed by atoms with Crippen LogP contribution in [0.5, 0.6) is 0 Å². The van der Waals surface area contributed by atoms with Gasteiger partial charge < -0.3 is 5.11 Å². The average Bonchev–Trinajstić information content (AvgIpc) is 3.04. The molecule has 5 heteroatoms. The summed E-state index contributed by atoms with van der Waals surface area (Å²) < 4.78 is 0. The van der Waals surface area contributed by atoms with Gasteiger partial charge in [-0.05, 0) is 29.5 Å². The van der Waals surface area contributed by atoms with E-state index < -0.39 is 0 Å². The number of aliphatic hydroxyl groups is 1. The van der Waals surface area contributed by atoms with Gasteiger partial charge in [-0.3, -0.25) is 14.8 Å². The van der Waals surface area contributed by atoms with E-state index in [4.69, 9.17) is 0 Å². The van der Waals surface area contributed by atoms with Crippen molar-refractivity contribution in [3.8, 4) is 0 Å². The minimum Gasteiger partial charge on any atom is -0.396 e. The van der Waals surface area contributed by atoms with Gasteiger partial charge in [0.25, 0.3) is 0 Å². The summed E-state index contributed by atoms with van der Waals surface area (Å²) in [5.74, 6) is 0. The fraction of sp³-hybridized carbons (Fsp3) is 0.471. The standard InChI is InChI=1S/C17H23N3OS/c21-9-5-16-13-19(12-15-3-1-6-18-11-15)7-8-20(16)14-17-4-2-10-22-17/h1-4,6,10-11,16,21H,5,7-9,12-14H2/t16-/m0/s1. The van der Waals surface area contributed by atoms with Gasteiger partial charge >= 0.3 is 0 Å². The van der Waals surface area contributed by atoms with Crippen LogP contribution in [-0.4, -0.2) is 52.2 Å². The van der Waals surface area contributed by atoms with E-state index in [1.54, 1.807) is 0 Å². The molecule has 1 atom stereocenters. The molecule has 0 saturated carbocycles. The lowest BCUT2D eigenvalue weighted by atomic mass is 10.1. The summed E-state index contributed by atoms with van der Waals surface area (Å²) in [6.45, 7) is 5.35. The zero-order valence-electron chi connectivity index (χ0n) is 12.8. The molecule has 2 aromatic heterocycles. The number of hydrogen-bond donors (Lipinski definition) is 1. The highest BCUT2D eigenvalue weighted by atomic mass is 32.1. The van der Waals surface area contributed by atoms with Crippen molar-refractivity contribution in [2.75, 3.05) is 26.2 Å². The molecule has 1 saturated heterocycles. The molecule has 0 bridgehead atoms. The molecule has 3 heterocycles. The topological polar surface area (TPSA) is 39.6 Å². The molecule has 22 heavy (non-hydrogen) atoms. The van der Waals surface area contributed by atoms with Gasteiger partial charge in [0.1, 0.15) is 0 Å². The molecule has 1 aliphatic heterocycles. The van der Waals surface area contributed by atoms with Gasteiger partial charge in [-0.2, -0.15) is 0 Å². The van der Waals surface area contributed by atoms with Crippen molar-refractivity contribution in [3.63, 3.8) is 0 Å². The lowest BCUT2D eigenvalue weighted by molar-refractivity contribution is 0.0506. The molecule has 118 valence electrons. The SMILES string of the molecule is OCC[C@H]1CN(Cc2cccnc2)CCN1Cc1cccs1. The third kappa shape index (κ3) is 4.14. The fourth-order valence-corrected chi connectivity index (χ4v) is 3.81. The summed E-state index contributed by atoms with van der Waals surface area (Å²) >= 11 is 1.81. The summed E-state index contributed by atoms with van der Waals surface area (Å²) in [4.78, 5) is 10.6. The number of pyridine rings is 1. The van der Waals surface area contributed by atoms with Crippen LogP contribution in [0.2, 0.25) is 0 Å². The Kier molecular flexibility index (Phi) is 5.56. The summed E-state index contributed by atoms with van der Waals surface area (Å²) in [6, 6.07) is 8.86. The molecule has 4 nitrogen and oxygen atoms in total. The van der Waals surface area contributed by atoms with E-state index in [0.717, 1.165) is 39.1 Å². The van der Waals surface area contributed by atoms with Crippen LogP contribution in [0.25, 0.3) is 0 Å². The van der Waals surface area contributed by atoms with Crippen molar-refractivity contribution in [3.05, 3.63) is 52.5 Å². The average molecular weight is 317 g/mol. The monoisotopic (exact) mass is 317 g/mol. The second kappa shape index (κ2) is 7.83. The third-order valence-corrected chi connectivity index (χ3v) is 5.08. The normalized spacial score (nSPS) is 20.3. The fourth-order valence-electron chi connectivity index (χ4n) is 3.08. The van der Waals surface area contributed by atoms with Crippen LogP contribution in [0.15, 0.2) is 42.0 Å². The van der Waals surface area contributed by atoms with Crippen LogP contribution >= 0.6 is 11.3 Å². The molecule has 0 aliphatic carbocycles. The molecular weight excluding hydrogens is 294 g/mol. The van der Waals surface area contributed by atoms with Crippen LogP contribution in [0.3, 0.4) is 0 Å². The highest BCUT2D eigenvalue weighted by Crippen LogP contribution is 2.20. The molecule has 2 aromatic rings. The van der Waals surface area contributed by atoms with Crippen LogP contribution in [0, 0.1) is 0 Å². The quantitative estimate of drug-likeness (QED) is 0.887. The minimum absolute atomic E-state index is 0.256. The minimum atomic E-state index is 0.256. The molecule has 0 aromatic carbocycles. The molecule has 0 radical (unpaired) electrons. The Hall–Kier alpha value is -1.27. The molecule has 1 fully saturated rings. The zero-order valence-corrected chi connectivity index (χ0v) is 13.6. The number of thiophene rings is 1. The summed E-state index contributed by atoms with van der Waals surface area (Å²) in [5.41, 5.74) is 1.26. The van der Waals surface area contributed by atoms with E-state index in [1.165, 1.54) is 10.4 Å². The van der Waals surface area contributed by atoms with Gasteiger partial charge in [0.05, 0.1) is 0 Å². The van der Waals surface area contributed by atoms with E-state index in [9.17, 15) is 5.11 Å². The van der Waals surface area contributed by atoms with Crippen molar-refractivity contribution in [2.45, 2.75) is 25.6 Å². The second-order valence-corrected chi connectivity index (χ2v) is 6.84. The lowest BCUT2D eigenvalue weighted by Gasteiger charge is -2.41. The number of aliphatic hydroxyl groups excluding tert-OH is 1. The maximum atomic E-state index is 9.39. The van der Waals surface area contributed by atoms with Crippen LogP contribution < -0.4 is 0 Å². The first kappa shape index (κ1) is 15.6. The summed E-state index contributed by atoms with van der Waals surface area (Å²) in [5, 5.41) is 11.5. The molecule has 0 spiro atoms. The molecule has 1 N–H and O–H groups in total. The van der Waals surface area contributed by atoms with Gasteiger partial charge in [-0.15, -0.1) is 11.3 Å². The van der Waals surface area contributed by atoms with Crippen molar-refractivity contribution in [2.24, 2.45) is 0 Å². The van der Waals surface area contributed by atoms with Crippen LogP contribution in [0.4, 0.5) is 0 Å². The number of hydrogen-bond acceptors (Lipinski definition) is 5. The molecular formula is C17H23N3OS. The Balaban J connectivity index is 1.60. The number of nitrogens with zero attached hydrogens (tertiary/aromatic N) is 3. The second-order valence-electron chi connectivity index (χ2n) is 5.81. The van der Waals surface area contributed by atoms with E-state index in [-0.39, 0.29) is 6.61 Å². The molecule has 0 unspecified atom stereocenters. The number of rotatable bonds is 6. The van der Waals surface area contributed by atoms with Gasteiger partial charge in [0, 0.05) is 62.6 Å². The predicted octanol–water partition coefficient (Wildman–Crippen LogP) is 2.21. The summed E-state index contributed by atoms with van der Waals surface area (Å²) in [6.07, 6.45) is 4.60. The van der Waals surface area contributed by atoms with Crippen molar-refractivity contribution >= 4 is 11.3 Å². The molecule has 3 rings (SSSR count). The van der Waals surface area contributed by atoms with Crippen molar-refractivity contribution in [1.82, 2.24) is 14.8 Å². The van der Waals surface area contributed by atoms with Crippen LogP contribution in [-0.2, 0) is 13.1 Å². The Bertz CT molecular complexity index is 546. The first-order valence-electron chi connectivity index (χ1n) is 7.83. The molecule has 1 aliphatic rings. The van der Waals surface area contributed by atoms with E-state index in [2.05, 4.69) is 38.4 Å². The summed E-state index contributed by atoms with van der Waals surface area (Å²) in [7, 11) is 0. The first-order valence-corrected chi connectivity index (χ1v) is 8.71. The van der Waals surface area contributed by atoms with Crippen molar-refractivity contribution in [1.29, 1.82) is 0 Å².